The molecule has 0 N–H and O–H groups in total. The molecule has 0 aliphatic carbocycles. The number of hydrogen-bond donors (Lipinski definition) is 0. The van der Waals surface area contributed by atoms with E-state index in [4.69, 9.17) is 0 Å². The van der Waals surface area contributed by atoms with Crippen molar-refractivity contribution in [2.24, 2.45) is 0 Å². The Labute approximate surface area is 87.1 Å². The average Bonchev–Trinajstić information content (AvgIpc) is 2.16. The van der Waals surface area contributed by atoms with E-state index in [1.54, 1.807) is 0 Å². The van der Waals surface area contributed by atoms with Gasteiger partial charge in [-0.1, -0.05) is 19.9 Å². The van der Waals surface area contributed by atoms with Crippen LogP contribution >= 0.6 is 0 Å². The van der Waals surface area contributed by atoms with Crippen molar-refractivity contribution < 1.29 is 22.7 Å². The molecular weight excluding hydrogens is 209 g/mol. The molecule has 0 bridgehead atoms. The first-order valence-electron chi connectivity index (χ1n) is 4.72. The number of carbonyl (C=O) groups is 1. The molecule has 15 heavy (non-hydrogen) atoms. The van der Waals surface area contributed by atoms with E-state index in [0.717, 1.165) is 6.42 Å². The van der Waals surface area contributed by atoms with E-state index in [0.29, 0.717) is 13.3 Å². The second-order valence-electron chi connectivity index (χ2n) is 3.21. The van der Waals surface area contributed by atoms with Crippen molar-refractivity contribution >= 4 is 5.97 Å². The molecule has 0 fully saturated rings. The summed E-state index contributed by atoms with van der Waals surface area (Å²) in [7, 11) is 0. The van der Waals surface area contributed by atoms with Gasteiger partial charge in [-0.15, -0.1) is 0 Å². The second-order valence-corrected chi connectivity index (χ2v) is 3.21. The molecule has 88 valence electrons. The van der Waals surface area contributed by atoms with E-state index in [-0.39, 0.29) is 6.61 Å². The molecule has 0 radical (unpaired) electrons. The molecule has 1 unspecified atom stereocenters. The Balaban J connectivity index is 4.26. The number of ether oxygens (including phenoxy) is 1. The van der Waals surface area contributed by atoms with Crippen LogP contribution in [-0.2, 0) is 9.53 Å². The molecule has 2 nitrogen and oxygen atoms in total. The molecule has 0 saturated heterocycles. The van der Waals surface area contributed by atoms with Crippen LogP contribution in [0.25, 0.3) is 0 Å². The Bertz CT molecular complexity index is 237. The van der Waals surface area contributed by atoms with Gasteiger partial charge in [0.2, 0.25) is 0 Å². The van der Waals surface area contributed by atoms with E-state index in [1.807, 2.05) is 6.92 Å². The van der Waals surface area contributed by atoms with Gasteiger partial charge in [-0.25, -0.2) is 9.18 Å². The molecule has 0 aromatic heterocycles. The van der Waals surface area contributed by atoms with Crippen LogP contribution in [0.15, 0.2) is 12.2 Å². The lowest BCUT2D eigenvalue weighted by molar-refractivity contribution is -0.144. The minimum Gasteiger partial charge on any atom is -0.462 e. The maximum Gasteiger partial charge on any atom is 0.339 e. The summed E-state index contributed by atoms with van der Waals surface area (Å²) in [5, 5.41) is 0. The highest BCUT2D eigenvalue weighted by molar-refractivity contribution is 5.89. The van der Waals surface area contributed by atoms with Crippen LogP contribution in [0, 0.1) is 0 Å². The monoisotopic (exact) mass is 224 g/mol. The largest absolute Gasteiger partial charge is 0.462 e. The third kappa shape index (κ3) is 3.93. The number of esters is 1. The zero-order chi connectivity index (χ0) is 12.1. The first-order chi connectivity index (χ1) is 6.84. The highest BCUT2D eigenvalue weighted by Crippen LogP contribution is 2.29. The smallest absolute Gasteiger partial charge is 0.339 e. The van der Waals surface area contributed by atoms with Crippen molar-refractivity contribution in [3.8, 4) is 0 Å². The Morgan fingerprint density at radius 2 is 2.07 bits per heavy atom. The van der Waals surface area contributed by atoms with Crippen LogP contribution in [0.3, 0.4) is 0 Å². The van der Waals surface area contributed by atoms with Crippen LogP contribution in [-0.4, -0.2) is 24.7 Å². The van der Waals surface area contributed by atoms with Gasteiger partial charge in [-0.2, -0.15) is 8.78 Å². The molecule has 0 heterocycles. The van der Waals surface area contributed by atoms with Crippen molar-refractivity contribution in [3.05, 3.63) is 12.2 Å². The van der Waals surface area contributed by atoms with Crippen LogP contribution in [0.5, 0.6) is 0 Å². The predicted octanol–water partition coefficient (Wildman–Crippen LogP) is 2.88. The minimum absolute atomic E-state index is 0.0467. The molecule has 0 amide bonds. The topological polar surface area (TPSA) is 26.3 Å². The third-order valence-electron chi connectivity index (χ3n) is 1.88. The summed E-state index contributed by atoms with van der Waals surface area (Å²) >= 11 is 0. The number of hydrogen-bond acceptors (Lipinski definition) is 2. The molecule has 0 aliphatic heterocycles. The molecule has 0 spiro atoms. The maximum atomic E-state index is 12.9. The minimum atomic E-state index is -3.86. The summed E-state index contributed by atoms with van der Waals surface area (Å²) in [5.41, 5.74) is -1.13. The Kier molecular flexibility index (Phi) is 5.39. The van der Waals surface area contributed by atoms with Gasteiger partial charge in [0, 0.05) is 0 Å². The zero-order valence-electron chi connectivity index (χ0n) is 8.86. The lowest BCUT2D eigenvalue weighted by Crippen LogP contribution is -2.34. The number of unbranched alkanes of at least 4 members (excludes halogenated alkanes) is 1. The Hall–Kier alpha value is -1.00. The number of carbonyl (C=O) groups excluding carboxylic acids is 1. The van der Waals surface area contributed by atoms with Crippen LogP contribution in [0.4, 0.5) is 13.2 Å². The van der Waals surface area contributed by atoms with E-state index in [2.05, 4.69) is 11.3 Å². The number of alkyl halides is 3. The van der Waals surface area contributed by atoms with Crippen LogP contribution in [0.2, 0.25) is 0 Å². The molecule has 0 aromatic carbocycles. The fraction of sp³-hybridized carbons (Fsp3) is 0.700. The van der Waals surface area contributed by atoms with Gasteiger partial charge < -0.3 is 4.74 Å². The second kappa shape index (κ2) is 5.78. The van der Waals surface area contributed by atoms with Gasteiger partial charge in [0.15, 0.2) is 6.17 Å². The third-order valence-corrected chi connectivity index (χ3v) is 1.88. The molecule has 0 aromatic rings. The van der Waals surface area contributed by atoms with E-state index < -0.39 is 23.6 Å². The summed E-state index contributed by atoms with van der Waals surface area (Å²) in [4.78, 5) is 11.0. The lowest BCUT2D eigenvalue weighted by Gasteiger charge is -2.18. The summed E-state index contributed by atoms with van der Waals surface area (Å²) < 4.78 is 42.8. The molecule has 5 heteroatoms. The summed E-state index contributed by atoms with van der Waals surface area (Å²) in [6.07, 6.45) is -1.10. The molecule has 1 atom stereocenters. The highest BCUT2D eigenvalue weighted by atomic mass is 19.3. The fourth-order valence-electron chi connectivity index (χ4n) is 0.772. The van der Waals surface area contributed by atoms with Crippen molar-refractivity contribution in [2.45, 2.75) is 38.8 Å². The SMILES string of the molecule is C=C(C(=O)OCCCC)C(F)(F)C(C)F. The normalized spacial score (nSPS) is 13.4. The average molecular weight is 224 g/mol. The van der Waals surface area contributed by atoms with Gasteiger partial charge in [0.05, 0.1) is 6.61 Å². The van der Waals surface area contributed by atoms with Gasteiger partial charge in [-0.05, 0) is 13.3 Å². The zero-order valence-corrected chi connectivity index (χ0v) is 8.86. The van der Waals surface area contributed by atoms with Crippen LogP contribution in [0.1, 0.15) is 26.7 Å². The lowest BCUT2D eigenvalue weighted by atomic mass is 10.1. The van der Waals surface area contributed by atoms with Gasteiger partial charge in [-0.3, -0.25) is 0 Å². The number of halogens is 3. The van der Waals surface area contributed by atoms with E-state index in [9.17, 15) is 18.0 Å². The Morgan fingerprint density at radius 1 is 1.53 bits per heavy atom. The first-order valence-corrected chi connectivity index (χ1v) is 4.72. The number of rotatable bonds is 6. The van der Waals surface area contributed by atoms with Gasteiger partial charge >= 0.3 is 11.9 Å². The van der Waals surface area contributed by atoms with Crippen molar-refractivity contribution in [3.63, 3.8) is 0 Å². The van der Waals surface area contributed by atoms with Gasteiger partial charge in [0.1, 0.15) is 5.57 Å². The van der Waals surface area contributed by atoms with E-state index in [1.165, 1.54) is 0 Å². The predicted molar refractivity (Wildman–Crippen MR) is 50.5 cm³/mol. The first kappa shape index (κ1) is 14.0. The summed E-state index contributed by atoms with van der Waals surface area (Å²) in [6, 6.07) is 0. The maximum absolute atomic E-state index is 12.9. The van der Waals surface area contributed by atoms with Gasteiger partial charge in [0.25, 0.3) is 0 Å². The summed E-state index contributed by atoms with van der Waals surface area (Å²) in [6.45, 7) is 5.44. The molecule has 0 aliphatic rings. The summed E-state index contributed by atoms with van der Waals surface area (Å²) in [5.74, 6) is -5.10. The fourth-order valence-corrected chi connectivity index (χ4v) is 0.772. The molecule has 0 saturated carbocycles. The quantitative estimate of drug-likeness (QED) is 0.394. The molecule has 0 rings (SSSR count). The van der Waals surface area contributed by atoms with Crippen molar-refractivity contribution in [1.29, 1.82) is 0 Å². The van der Waals surface area contributed by atoms with Crippen molar-refractivity contribution in [2.75, 3.05) is 6.61 Å². The van der Waals surface area contributed by atoms with Crippen molar-refractivity contribution in [1.82, 2.24) is 0 Å². The Morgan fingerprint density at radius 3 is 2.47 bits per heavy atom. The van der Waals surface area contributed by atoms with E-state index >= 15 is 0 Å². The highest BCUT2D eigenvalue weighted by Gasteiger charge is 2.44. The van der Waals surface area contributed by atoms with Crippen LogP contribution < -0.4 is 0 Å². The molecular formula is C10H15F3O2. The standard InChI is InChI=1S/C10H15F3O2/c1-4-5-6-15-9(14)7(2)10(12,13)8(3)11/h8H,2,4-6H2,1,3H3.